The highest BCUT2D eigenvalue weighted by Gasteiger charge is 2.21. The van der Waals surface area contributed by atoms with E-state index in [0.29, 0.717) is 0 Å². The van der Waals surface area contributed by atoms with Crippen LogP contribution in [-0.4, -0.2) is 14.1 Å². The minimum atomic E-state index is 1.03. The number of pyridine rings is 1. The van der Waals surface area contributed by atoms with Gasteiger partial charge in [0.15, 0.2) is 0 Å². The fourth-order valence-corrected chi connectivity index (χ4v) is 5.14. The second-order valence-corrected chi connectivity index (χ2v) is 8.59. The quantitative estimate of drug-likeness (QED) is 0.281. The molecule has 0 fully saturated rings. The van der Waals surface area contributed by atoms with Gasteiger partial charge in [-0.2, -0.15) is 0 Å². The maximum Gasteiger partial charge on any atom is 0.0985 e. The standard InChI is InChI=1S/C30H21N3/c1-20-15-17-22(18-16-20)33-27-14-8-6-12-24(27)28-30(33)29-25(19-31-28)23-11-5-7-13-26(23)32(29)21-9-3-2-4-10-21/h2-19H,1H3. The third kappa shape index (κ3) is 2.53. The first-order valence-electron chi connectivity index (χ1n) is 11.2. The van der Waals surface area contributed by atoms with Crippen LogP contribution in [-0.2, 0) is 0 Å². The number of fused-ring (bicyclic) bond motifs is 7. The van der Waals surface area contributed by atoms with Crippen molar-refractivity contribution in [2.75, 3.05) is 0 Å². The molecule has 0 aliphatic carbocycles. The van der Waals surface area contributed by atoms with Crippen LogP contribution < -0.4 is 0 Å². The van der Waals surface area contributed by atoms with Crippen LogP contribution in [0.4, 0.5) is 0 Å². The first-order chi connectivity index (χ1) is 16.3. The molecule has 0 atom stereocenters. The molecule has 7 aromatic rings. The Morgan fingerprint density at radius 2 is 1.09 bits per heavy atom. The van der Waals surface area contributed by atoms with Gasteiger partial charge in [-0.25, -0.2) is 0 Å². The number of hydrogen-bond donors (Lipinski definition) is 0. The van der Waals surface area contributed by atoms with Crippen LogP contribution in [0, 0.1) is 6.92 Å². The van der Waals surface area contributed by atoms with Crippen molar-refractivity contribution in [1.82, 2.24) is 14.1 Å². The molecular formula is C30H21N3. The maximum absolute atomic E-state index is 5.02. The summed E-state index contributed by atoms with van der Waals surface area (Å²) in [7, 11) is 0. The molecule has 0 bridgehead atoms. The summed E-state index contributed by atoms with van der Waals surface area (Å²) in [5.41, 5.74) is 9.25. The molecule has 3 heterocycles. The van der Waals surface area contributed by atoms with E-state index in [0.717, 1.165) is 27.8 Å². The van der Waals surface area contributed by atoms with Gasteiger partial charge in [0.2, 0.25) is 0 Å². The molecule has 156 valence electrons. The van der Waals surface area contributed by atoms with Crippen LogP contribution in [0.5, 0.6) is 0 Å². The Bertz CT molecular complexity index is 1800. The molecule has 33 heavy (non-hydrogen) atoms. The lowest BCUT2D eigenvalue weighted by molar-refractivity contribution is 1.14. The topological polar surface area (TPSA) is 22.8 Å². The largest absolute Gasteiger partial charge is 0.307 e. The number of hydrogen-bond acceptors (Lipinski definition) is 1. The zero-order valence-electron chi connectivity index (χ0n) is 18.2. The minimum absolute atomic E-state index is 1.03. The highest BCUT2D eigenvalue weighted by molar-refractivity contribution is 6.22. The molecule has 0 unspecified atom stereocenters. The van der Waals surface area contributed by atoms with Crippen molar-refractivity contribution in [3.05, 3.63) is 115 Å². The smallest absolute Gasteiger partial charge is 0.0985 e. The average Bonchev–Trinajstić information content (AvgIpc) is 3.38. The molecule has 0 saturated carbocycles. The summed E-state index contributed by atoms with van der Waals surface area (Å²) in [5, 5.41) is 3.55. The van der Waals surface area contributed by atoms with E-state index in [-0.39, 0.29) is 0 Å². The van der Waals surface area contributed by atoms with E-state index in [4.69, 9.17) is 4.98 Å². The SMILES string of the molecule is Cc1ccc(-n2c3ccccc3c3ncc4c5ccccc5n(-c5ccccc5)c4c32)cc1. The molecule has 0 amide bonds. The van der Waals surface area contributed by atoms with E-state index < -0.39 is 0 Å². The Morgan fingerprint density at radius 1 is 0.515 bits per heavy atom. The second kappa shape index (κ2) is 6.81. The zero-order chi connectivity index (χ0) is 21.9. The molecule has 0 aliphatic heterocycles. The van der Waals surface area contributed by atoms with Crippen molar-refractivity contribution in [2.45, 2.75) is 6.92 Å². The van der Waals surface area contributed by atoms with E-state index >= 15 is 0 Å². The summed E-state index contributed by atoms with van der Waals surface area (Å²) < 4.78 is 4.76. The van der Waals surface area contributed by atoms with Gasteiger partial charge in [0.25, 0.3) is 0 Å². The van der Waals surface area contributed by atoms with Gasteiger partial charge >= 0.3 is 0 Å². The van der Waals surface area contributed by atoms with Crippen LogP contribution in [0.1, 0.15) is 5.56 Å². The molecule has 0 radical (unpaired) electrons. The van der Waals surface area contributed by atoms with Gasteiger partial charge in [-0.15, -0.1) is 0 Å². The summed E-state index contributed by atoms with van der Waals surface area (Å²) >= 11 is 0. The van der Waals surface area contributed by atoms with E-state index in [1.165, 1.54) is 32.9 Å². The molecule has 3 heteroatoms. The molecular weight excluding hydrogens is 402 g/mol. The Morgan fingerprint density at radius 3 is 1.85 bits per heavy atom. The molecule has 0 saturated heterocycles. The van der Waals surface area contributed by atoms with Gasteiger partial charge in [-0.1, -0.05) is 72.3 Å². The number of nitrogens with zero attached hydrogens (tertiary/aromatic N) is 3. The van der Waals surface area contributed by atoms with Crippen LogP contribution in [0.25, 0.3) is 55.1 Å². The average molecular weight is 424 g/mol. The summed E-state index contributed by atoms with van der Waals surface area (Å²) in [6.45, 7) is 2.13. The van der Waals surface area contributed by atoms with Crippen molar-refractivity contribution < 1.29 is 0 Å². The molecule has 4 aromatic carbocycles. The van der Waals surface area contributed by atoms with Gasteiger partial charge < -0.3 is 9.13 Å². The Balaban J connectivity index is 1.78. The van der Waals surface area contributed by atoms with Crippen LogP contribution in [0.3, 0.4) is 0 Å². The Kier molecular flexibility index (Phi) is 3.76. The molecule has 0 aliphatic rings. The van der Waals surface area contributed by atoms with E-state index in [1.54, 1.807) is 0 Å². The van der Waals surface area contributed by atoms with Gasteiger partial charge in [0, 0.05) is 33.7 Å². The molecule has 0 N–H and O–H groups in total. The zero-order valence-corrected chi connectivity index (χ0v) is 18.2. The lowest BCUT2D eigenvalue weighted by Gasteiger charge is -2.12. The molecule has 3 aromatic heterocycles. The third-order valence-electron chi connectivity index (χ3n) is 6.62. The number of aryl methyl sites for hydroxylation is 1. The van der Waals surface area contributed by atoms with Crippen molar-refractivity contribution in [3.63, 3.8) is 0 Å². The number of rotatable bonds is 2. The van der Waals surface area contributed by atoms with Gasteiger partial charge in [-0.3, -0.25) is 4.98 Å². The van der Waals surface area contributed by atoms with Crippen molar-refractivity contribution in [1.29, 1.82) is 0 Å². The predicted octanol–water partition coefficient (Wildman–Crippen LogP) is 7.58. The van der Waals surface area contributed by atoms with Gasteiger partial charge in [0.1, 0.15) is 0 Å². The highest BCUT2D eigenvalue weighted by Crippen LogP contribution is 2.40. The van der Waals surface area contributed by atoms with Crippen LogP contribution in [0.15, 0.2) is 109 Å². The van der Waals surface area contributed by atoms with Crippen LogP contribution >= 0.6 is 0 Å². The predicted molar refractivity (Wildman–Crippen MR) is 138 cm³/mol. The van der Waals surface area contributed by atoms with E-state index in [1.807, 2.05) is 6.20 Å². The lowest BCUT2D eigenvalue weighted by Crippen LogP contribution is -1.99. The Hall–Kier alpha value is -4.37. The van der Waals surface area contributed by atoms with E-state index in [2.05, 4.69) is 119 Å². The summed E-state index contributed by atoms with van der Waals surface area (Å²) in [4.78, 5) is 5.02. The number of aromatic nitrogens is 3. The van der Waals surface area contributed by atoms with Crippen molar-refractivity contribution >= 4 is 43.7 Å². The summed E-state index contributed by atoms with van der Waals surface area (Å²) in [6.07, 6.45) is 2.05. The molecule has 3 nitrogen and oxygen atoms in total. The summed E-state index contributed by atoms with van der Waals surface area (Å²) in [5.74, 6) is 0. The highest BCUT2D eigenvalue weighted by atomic mass is 15.1. The molecule has 0 spiro atoms. The fraction of sp³-hybridized carbons (Fsp3) is 0.0333. The second-order valence-electron chi connectivity index (χ2n) is 8.59. The fourth-order valence-electron chi connectivity index (χ4n) is 5.14. The van der Waals surface area contributed by atoms with Crippen molar-refractivity contribution in [3.8, 4) is 11.4 Å². The number of para-hydroxylation sites is 3. The van der Waals surface area contributed by atoms with Crippen LogP contribution in [0.2, 0.25) is 0 Å². The van der Waals surface area contributed by atoms with Crippen molar-refractivity contribution in [2.24, 2.45) is 0 Å². The maximum atomic E-state index is 5.02. The van der Waals surface area contributed by atoms with Gasteiger partial charge in [-0.05, 0) is 43.3 Å². The lowest BCUT2D eigenvalue weighted by atomic mass is 10.2. The van der Waals surface area contributed by atoms with E-state index in [9.17, 15) is 0 Å². The molecule has 7 rings (SSSR count). The monoisotopic (exact) mass is 423 g/mol. The summed E-state index contributed by atoms with van der Waals surface area (Å²) in [6, 6.07) is 36.6. The first kappa shape index (κ1) is 18.2. The number of benzene rings is 4. The normalized spacial score (nSPS) is 11.8. The Labute approximate surface area is 191 Å². The third-order valence-corrected chi connectivity index (χ3v) is 6.62. The first-order valence-corrected chi connectivity index (χ1v) is 11.2. The van der Waals surface area contributed by atoms with Gasteiger partial charge in [0.05, 0.1) is 27.6 Å². The minimum Gasteiger partial charge on any atom is -0.307 e.